The van der Waals surface area contributed by atoms with Gasteiger partial charge in [-0.3, -0.25) is 9.59 Å². The molecule has 3 fully saturated rings. The van der Waals surface area contributed by atoms with Crippen molar-refractivity contribution in [3.63, 3.8) is 0 Å². The molecule has 5 heterocycles. The lowest BCUT2D eigenvalue weighted by Gasteiger charge is -2.49. The second-order valence-corrected chi connectivity index (χ2v) is 15.9. The Morgan fingerprint density at radius 2 is 1.81 bits per heavy atom. The molecular formula is C38H60N4O10. The van der Waals surface area contributed by atoms with Crippen LogP contribution in [0.1, 0.15) is 86.8 Å². The van der Waals surface area contributed by atoms with Crippen molar-refractivity contribution in [3.8, 4) is 0 Å². The topological polar surface area (TPSA) is 153 Å². The van der Waals surface area contributed by atoms with Crippen molar-refractivity contribution >= 4 is 23.6 Å². The molecule has 52 heavy (non-hydrogen) atoms. The number of aliphatic hydroxyl groups excluding tert-OH is 1. The zero-order valence-corrected chi connectivity index (χ0v) is 32.7. The maximum Gasteiger partial charge on any atom is 0.431 e. The highest BCUT2D eigenvalue weighted by Crippen LogP contribution is 2.45. The summed E-state index contributed by atoms with van der Waals surface area (Å²) >= 11 is 0. The van der Waals surface area contributed by atoms with Crippen molar-refractivity contribution < 1.29 is 47.6 Å². The Bertz CT molecular complexity index is 1450. The second-order valence-electron chi connectivity index (χ2n) is 15.9. The highest BCUT2D eigenvalue weighted by atomic mass is 16.7. The van der Waals surface area contributed by atoms with Crippen LogP contribution in [-0.4, -0.2) is 125 Å². The largest absolute Gasteiger partial charge is 0.469 e. The summed E-state index contributed by atoms with van der Waals surface area (Å²) in [5.74, 6) is -2.88. The van der Waals surface area contributed by atoms with Crippen LogP contribution in [0.25, 0.3) is 0 Å². The van der Waals surface area contributed by atoms with E-state index in [1.165, 1.54) is 6.92 Å². The molecule has 3 saturated heterocycles. The van der Waals surface area contributed by atoms with E-state index in [0.717, 1.165) is 11.5 Å². The molecule has 1 aromatic heterocycles. The highest BCUT2D eigenvalue weighted by Gasteiger charge is 2.63. The Morgan fingerprint density at radius 1 is 1.10 bits per heavy atom. The van der Waals surface area contributed by atoms with Crippen molar-refractivity contribution in [1.29, 1.82) is 0 Å². The molecule has 4 aliphatic rings. The maximum atomic E-state index is 14.3. The molecule has 1 unspecified atom stereocenters. The van der Waals surface area contributed by atoms with Gasteiger partial charge in [0.15, 0.2) is 17.7 Å². The van der Waals surface area contributed by atoms with Crippen LogP contribution in [0.15, 0.2) is 27.9 Å². The van der Waals surface area contributed by atoms with E-state index in [9.17, 15) is 19.5 Å². The number of nitrogens with zero attached hydrogens (tertiary/aromatic N) is 4. The number of aryl methyl sites for hydroxylation is 1. The minimum atomic E-state index is -1.25. The number of ketones is 1. The number of cyclic esters (lactones) is 1. The lowest BCUT2D eigenvalue weighted by molar-refractivity contribution is -0.295. The number of carbonyl (C=O) groups excluding carboxylic acids is 3. The molecule has 4 aliphatic heterocycles. The third-order valence-electron chi connectivity index (χ3n) is 11.9. The van der Waals surface area contributed by atoms with Crippen molar-refractivity contribution in [2.75, 3.05) is 27.7 Å². The molecular weight excluding hydrogens is 672 g/mol. The summed E-state index contributed by atoms with van der Waals surface area (Å²) < 4.78 is 37.1. The fourth-order valence-corrected chi connectivity index (χ4v) is 8.97. The van der Waals surface area contributed by atoms with Gasteiger partial charge in [0.25, 0.3) is 0 Å². The Kier molecular flexibility index (Phi) is 12.2. The van der Waals surface area contributed by atoms with E-state index in [2.05, 4.69) is 6.92 Å². The van der Waals surface area contributed by atoms with Crippen molar-refractivity contribution in [2.45, 2.75) is 141 Å². The van der Waals surface area contributed by atoms with Gasteiger partial charge in [0.05, 0.1) is 30.6 Å². The summed E-state index contributed by atoms with van der Waals surface area (Å²) in [7, 11) is 5.37. The molecule has 0 saturated carbocycles. The van der Waals surface area contributed by atoms with Crippen LogP contribution >= 0.6 is 0 Å². The number of fused-ring (bicyclic) bond motifs is 1. The minimum absolute atomic E-state index is 0.220. The Hall–Kier alpha value is -3.04. The monoisotopic (exact) mass is 732 g/mol. The number of amides is 1. The molecule has 0 spiro atoms. The van der Waals surface area contributed by atoms with Gasteiger partial charge in [0.2, 0.25) is 0 Å². The standard InChI is InChI=1S/C38H60N4O10/c1-12-28-38(8)32-23(4)29(39-41(42(32)36(46)52-38)17-13-15-26-16-14-18-48-26)21(2)20-37(7,47-11)33(24(5)30(43)25(6)34(45)50-28)51-35-31(44)27(40(9)10)19-22(3)49-35/h14,16,18,21-25,27-28,31-33,35,44H,12-13,15,17,19-20H2,1-11H3/t21-,22+,23+,24+,25-,27-,28-,31+,32-,33-,35-,37?,38-/m1/s1. The van der Waals surface area contributed by atoms with Crippen LogP contribution in [-0.2, 0) is 39.7 Å². The van der Waals surface area contributed by atoms with Crippen molar-refractivity contribution in [1.82, 2.24) is 15.0 Å². The third-order valence-corrected chi connectivity index (χ3v) is 11.9. The van der Waals surface area contributed by atoms with E-state index < -0.39 is 71.5 Å². The smallest absolute Gasteiger partial charge is 0.431 e. The molecule has 1 amide bonds. The molecule has 0 aromatic carbocycles. The number of furan rings is 1. The quantitative estimate of drug-likeness (QED) is 0.282. The maximum absolute atomic E-state index is 14.3. The lowest BCUT2D eigenvalue weighted by atomic mass is 9.73. The van der Waals surface area contributed by atoms with Crippen LogP contribution in [0.5, 0.6) is 0 Å². The average molecular weight is 733 g/mol. The number of Topliss-reactive ketones (excluding diaryl/α,β-unsaturated/α-hetero) is 1. The summed E-state index contributed by atoms with van der Waals surface area (Å²) in [5, 5.41) is 19.8. The van der Waals surface area contributed by atoms with Gasteiger partial charge in [-0.1, -0.05) is 27.7 Å². The molecule has 5 rings (SSSR count). The zero-order chi connectivity index (χ0) is 38.3. The Balaban J connectivity index is 1.58. The van der Waals surface area contributed by atoms with Gasteiger partial charge >= 0.3 is 12.1 Å². The molecule has 2 bridgehead atoms. The number of hydrazine groups is 1. The summed E-state index contributed by atoms with van der Waals surface area (Å²) in [6.45, 7) is 15.2. The van der Waals surface area contributed by atoms with E-state index in [1.54, 1.807) is 30.4 Å². The molecule has 292 valence electrons. The van der Waals surface area contributed by atoms with Gasteiger partial charge in [-0.15, -0.1) is 0 Å². The predicted octanol–water partition coefficient (Wildman–Crippen LogP) is 4.43. The Labute approximate surface area is 308 Å². The van der Waals surface area contributed by atoms with Crippen LogP contribution in [0.3, 0.4) is 0 Å². The van der Waals surface area contributed by atoms with Crippen molar-refractivity contribution in [3.05, 3.63) is 24.2 Å². The van der Waals surface area contributed by atoms with Crippen molar-refractivity contribution in [2.24, 2.45) is 28.8 Å². The molecule has 13 atom stereocenters. The number of hydrogen-bond acceptors (Lipinski definition) is 13. The fourth-order valence-electron chi connectivity index (χ4n) is 8.97. The van der Waals surface area contributed by atoms with E-state index >= 15 is 0 Å². The lowest BCUT2D eigenvalue weighted by Crippen LogP contribution is -2.63. The minimum Gasteiger partial charge on any atom is -0.469 e. The second kappa shape index (κ2) is 15.7. The number of rotatable bonds is 9. The van der Waals surface area contributed by atoms with E-state index in [0.29, 0.717) is 38.6 Å². The summed E-state index contributed by atoms with van der Waals surface area (Å²) in [5.41, 5.74) is -1.56. The molecule has 14 heteroatoms. The SMILES string of the molecule is CC[C@H]1OC(=O)[C@H](C)C(=O)[C@H](C)[C@@H](O[C@H]2O[C@@H](C)C[C@@H](N(C)C)[C@@H]2O)C(C)(OC)C[C@@H](C)C2=NN(CCCc3ccco3)N3C(=O)O[C@@]1(C)[C@H]3[C@H]2C. The summed E-state index contributed by atoms with van der Waals surface area (Å²) in [6, 6.07) is 2.95. The van der Waals surface area contributed by atoms with Crippen LogP contribution in [0.4, 0.5) is 4.79 Å². The number of hydrazone groups is 1. The molecule has 1 N–H and O–H groups in total. The first-order chi connectivity index (χ1) is 24.5. The van der Waals surface area contributed by atoms with Gasteiger partial charge in [-0.25, -0.2) is 4.79 Å². The first-order valence-corrected chi connectivity index (χ1v) is 18.8. The Morgan fingerprint density at radius 3 is 2.42 bits per heavy atom. The van der Waals surface area contributed by atoms with Gasteiger partial charge in [-0.05, 0) is 85.5 Å². The number of methoxy groups -OCH3 is 1. The van der Waals surface area contributed by atoms with E-state index in [-0.39, 0.29) is 24.0 Å². The van der Waals surface area contributed by atoms with Gasteiger partial charge in [-0.2, -0.15) is 15.2 Å². The van der Waals surface area contributed by atoms with Crippen LogP contribution in [0.2, 0.25) is 0 Å². The number of carbonyl (C=O) groups is 3. The molecule has 1 aromatic rings. The molecule has 0 radical (unpaired) electrons. The average Bonchev–Trinajstić information content (AvgIpc) is 3.72. The molecule has 14 nitrogen and oxygen atoms in total. The van der Waals surface area contributed by atoms with Crippen LogP contribution < -0.4 is 0 Å². The number of aliphatic hydroxyl groups is 1. The molecule has 0 aliphatic carbocycles. The van der Waals surface area contributed by atoms with Crippen LogP contribution in [0, 0.1) is 23.7 Å². The normalized spacial score (nSPS) is 40.4. The third kappa shape index (κ3) is 7.51. The van der Waals surface area contributed by atoms with E-state index in [1.807, 2.05) is 65.7 Å². The van der Waals surface area contributed by atoms with Gasteiger partial charge in [0, 0.05) is 37.1 Å². The number of ether oxygens (including phenoxy) is 5. The number of likely N-dealkylation sites (N-methyl/N-ethyl adjacent to an activating group) is 1. The van der Waals surface area contributed by atoms with Gasteiger partial charge in [0.1, 0.15) is 29.9 Å². The van der Waals surface area contributed by atoms with Gasteiger partial charge < -0.3 is 38.1 Å². The number of hydrogen-bond donors (Lipinski definition) is 1. The summed E-state index contributed by atoms with van der Waals surface area (Å²) in [6.07, 6.45) is -0.408. The first-order valence-electron chi connectivity index (χ1n) is 18.8. The van der Waals surface area contributed by atoms with E-state index in [4.69, 9.17) is 33.2 Å². The number of esters is 1. The predicted molar refractivity (Wildman–Crippen MR) is 191 cm³/mol. The summed E-state index contributed by atoms with van der Waals surface area (Å²) in [4.78, 5) is 43.9. The highest BCUT2D eigenvalue weighted by molar-refractivity contribution is 6.00. The zero-order valence-electron chi connectivity index (χ0n) is 32.7. The fraction of sp³-hybridized carbons (Fsp3) is 0.789. The first kappa shape index (κ1) is 40.2.